The number of nitrogens with one attached hydrogen (secondary N) is 8. The van der Waals surface area contributed by atoms with Gasteiger partial charge in [0.1, 0.15) is 30.8 Å². The first-order valence-electron chi connectivity index (χ1n) is 45.9. The molecule has 1 fully saturated rings. The molecule has 0 aromatic heterocycles. The summed E-state index contributed by atoms with van der Waals surface area (Å²) in [6, 6.07) is 5.53. The van der Waals surface area contributed by atoms with Gasteiger partial charge in [0, 0.05) is 148 Å². The standard InChI is InChI=1S/C94H133N17O24/c1-15-58(8)85(68(133-13)51-81(124)107-50-20-26-67(107)87(134-14)59(9)88(126)99-60(10)86(125)62-23-17-16-18-24-62)104(11)92(130)83(56(4)5)103-91(129)84(57(6)7)105(12)94(132)135-54-61-27-29-63(30-28-61)100-89(127)66(25-19-45-98-93(95)131)101-90(128)82(55(2)3)102-71(114)35-36-72(115)106(48-21-46-96-69(112)33-31-64(110-77(120)41-42-78(110)121)52-108-73(116)37-38-74(108)117)49-22-47-97-70(113)34-32-65(111-79(122)43-44-80(111)123)53-109-75(118)39-40-76(109)119/h16-18,23-24,27-30,37-44,55-60,64-68,82-87,125H,15,19-22,25-26,31-36,45-54H2,1-14H3,(H,96,112)(H,97,113)(H,99,126)(H,100,127)(H,101,128)(H,102,114)(H,103,129)(H3,95,98,131)/t58-,59+,60+,64?,65?,66-,67-,68+,82-,83-,84-,85-,86+,87+/m0/s1. The van der Waals surface area contributed by atoms with Gasteiger partial charge in [-0.15, -0.1) is 0 Å². The van der Waals surface area contributed by atoms with Crippen LogP contribution in [-0.4, -0.2) is 310 Å². The van der Waals surface area contributed by atoms with Gasteiger partial charge in [0.25, 0.3) is 47.3 Å². The van der Waals surface area contributed by atoms with Gasteiger partial charge < -0.3 is 82.3 Å². The number of ether oxygens (including phenoxy) is 3. The normalized spacial score (nSPS) is 17.6. The van der Waals surface area contributed by atoms with Gasteiger partial charge in [0.15, 0.2) is 0 Å². The van der Waals surface area contributed by atoms with Crippen LogP contribution < -0.4 is 48.3 Å². The number of imide groups is 4. The Kier molecular flexibility index (Phi) is 42.6. The molecule has 738 valence electrons. The molecule has 2 aromatic rings. The van der Waals surface area contributed by atoms with Gasteiger partial charge >= 0.3 is 12.1 Å². The van der Waals surface area contributed by atoms with Crippen molar-refractivity contribution in [2.75, 3.05) is 86.0 Å². The average molecular weight is 1890 g/mol. The number of urea groups is 1. The Morgan fingerprint density at radius 1 is 0.533 bits per heavy atom. The summed E-state index contributed by atoms with van der Waals surface area (Å²) in [6.45, 7) is 16.9. The van der Waals surface area contributed by atoms with Crippen molar-refractivity contribution in [2.45, 2.75) is 238 Å². The van der Waals surface area contributed by atoms with E-state index in [2.05, 4.69) is 42.5 Å². The van der Waals surface area contributed by atoms with Crippen LogP contribution in [0.1, 0.15) is 176 Å². The third-order valence-corrected chi connectivity index (χ3v) is 24.7. The number of hydrogen-bond acceptors (Lipinski definition) is 24. The molecule has 14 atom stereocenters. The first-order chi connectivity index (χ1) is 64.0. The molecule has 5 heterocycles. The van der Waals surface area contributed by atoms with Crippen molar-refractivity contribution in [3.8, 4) is 0 Å². The minimum Gasteiger partial charge on any atom is -0.445 e. The second kappa shape index (κ2) is 52.7. The predicted octanol–water partition coefficient (Wildman–Crippen LogP) is 2.21. The van der Waals surface area contributed by atoms with Crippen molar-refractivity contribution in [1.82, 2.24) is 76.4 Å². The van der Waals surface area contributed by atoms with Crippen molar-refractivity contribution >= 4 is 124 Å². The lowest BCUT2D eigenvalue weighted by atomic mass is 9.89. The highest BCUT2D eigenvalue weighted by atomic mass is 16.6. The van der Waals surface area contributed by atoms with E-state index in [1.54, 1.807) is 104 Å². The lowest BCUT2D eigenvalue weighted by molar-refractivity contribution is -0.148. The van der Waals surface area contributed by atoms with E-state index in [1.807, 2.05) is 19.9 Å². The Bertz CT molecular complexity index is 4540. The molecule has 0 bridgehead atoms. The maximum absolute atomic E-state index is 15.0. The molecule has 5 aliphatic heterocycles. The van der Waals surface area contributed by atoms with Crippen molar-refractivity contribution in [3.63, 3.8) is 0 Å². The molecule has 11 N–H and O–H groups in total. The average Bonchev–Trinajstić information content (AvgIpc) is 1.79. The highest BCUT2D eigenvalue weighted by Gasteiger charge is 2.46. The smallest absolute Gasteiger partial charge is 0.410 e. The first-order valence-corrected chi connectivity index (χ1v) is 45.9. The molecule has 21 amide bonds. The molecule has 0 aliphatic carbocycles. The van der Waals surface area contributed by atoms with Crippen LogP contribution in [0, 0.1) is 29.6 Å². The number of methoxy groups -OCH3 is 2. The number of carbonyl (C=O) groups is 20. The van der Waals surface area contributed by atoms with E-state index >= 15 is 0 Å². The van der Waals surface area contributed by atoms with Crippen LogP contribution in [0.3, 0.4) is 0 Å². The van der Waals surface area contributed by atoms with Gasteiger partial charge in [0.05, 0.1) is 73.9 Å². The molecule has 0 saturated carbocycles. The molecular formula is C94H133N17O24. The summed E-state index contributed by atoms with van der Waals surface area (Å²) in [5.74, 6) is -13.6. The highest BCUT2D eigenvalue weighted by Crippen LogP contribution is 2.32. The van der Waals surface area contributed by atoms with Crippen LogP contribution in [0.5, 0.6) is 0 Å². The molecular weight excluding hydrogens is 1750 g/mol. The van der Waals surface area contributed by atoms with Gasteiger partial charge in [-0.2, -0.15) is 0 Å². The fraction of sp³-hybridized carbons (Fsp3) is 0.574. The SMILES string of the molecule is CC[C@H](C)[C@@H]([C@@H](CC(=O)N1CCC[C@H]1[C@H](OC)[C@@H](C)C(=O)N[C@H](C)[C@@H](O)c1ccccc1)OC)N(C)C(=O)[C@@H](NC(=O)[C@H](C(C)C)N(C)C(=O)OCc1ccc(NC(=O)[C@H](CCCNC(N)=O)NC(=O)[C@@H](NC(=O)CCC(=O)N(CCCNC(=O)CCC(CN2C(=O)C=CC2=O)N2C(=O)C=CC2=O)CCCNC(=O)CCC(CN2C(=O)C=CC2=O)N2C(=O)C=CC2=O)C(C)C)cc1)C(C)C. The quantitative estimate of drug-likeness (QED) is 0.0335. The number of rotatable bonds is 55. The molecule has 0 radical (unpaired) electrons. The number of aliphatic hydroxyl groups is 1. The maximum Gasteiger partial charge on any atom is 0.410 e. The zero-order valence-electron chi connectivity index (χ0n) is 79.4. The number of hydrogen-bond donors (Lipinski definition) is 10. The van der Waals surface area contributed by atoms with Crippen molar-refractivity contribution in [2.24, 2.45) is 35.3 Å². The van der Waals surface area contributed by atoms with E-state index < -0.39 is 216 Å². The Labute approximate surface area is 786 Å². The van der Waals surface area contributed by atoms with Crippen LogP contribution >= 0.6 is 0 Å². The lowest BCUT2D eigenvalue weighted by Crippen LogP contribution is -2.60. The maximum atomic E-state index is 15.0. The van der Waals surface area contributed by atoms with Gasteiger partial charge in [-0.3, -0.25) is 111 Å². The van der Waals surface area contributed by atoms with Crippen LogP contribution in [0.4, 0.5) is 15.3 Å². The summed E-state index contributed by atoms with van der Waals surface area (Å²) in [5, 5.41) is 32.9. The molecule has 41 heteroatoms. The largest absolute Gasteiger partial charge is 0.445 e. The molecule has 7 rings (SSSR count). The number of carbonyl (C=O) groups excluding carboxylic acids is 20. The number of aliphatic hydroxyl groups excluding tert-OH is 1. The third-order valence-electron chi connectivity index (χ3n) is 24.7. The Balaban J connectivity index is 0.938. The van der Waals surface area contributed by atoms with E-state index in [9.17, 15) is 101 Å². The second-order valence-electron chi connectivity index (χ2n) is 35.5. The van der Waals surface area contributed by atoms with Crippen molar-refractivity contribution < 1.29 is 115 Å². The molecule has 2 aromatic carbocycles. The van der Waals surface area contributed by atoms with Crippen molar-refractivity contribution in [3.05, 3.63) is 114 Å². The van der Waals surface area contributed by atoms with Gasteiger partial charge in [-0.25, -0.2) is 9.59 Å². The summed E-state index contributed by atoms with van der Waals surface area (Å²) < 4.78 is 17.8. The number of likely N-dealkylation sites (N-methyl/N-ethyl adjacent to an activating group) is 2. The fourth-order valence-corrected chi connectivity index (χ4v) is 17.0. The number of amides is 21. The van der Waals surface area contributed by atoms with Gasteiger partial charge in [-0.1, -0.05) is 111 Å². The first kappa shape index (κ1) is 109. The summed E-state index contributed by atoms with van der Waals surface area (Å²) in [4.78, 5) is 277. The van der Waals surface area contributed by atoms with Gasteiger partial charge in [0.2, 0.25) is 59.1 Å². The summed E-state index contributed by atoms with van der Waals surface area (Å²) in [7, 11) is 5.97. The fourth-order valence-electron chi connectivity index (χ4n) is 17.0. The highest BCUT2D eigenvalue weighted by molar-refractivity contribution is 6.16. The zero-order chi connectivity index (χ0) is 99.8. The van der Waals surface area contributed by atoms with E-state index in [0.29, 0.717) is 36.9 Å². The Morgan fingerprint density at radius 3 is 1.53 bits per heavy atom. The predicted molar refractivity (Wildman–Crippen MR) is 490 cm³/mol. The van der Waals surface area contributed by atoms with Gasteiger partial charge in [-0.05, 0) is 105 Å². The zero-order valence-corrected chi connectivity index (χ0v) is 79.4. The summed E-state index contributed by atoms with van der Waals surface area (Å²) in [5.41, 5.74) is 6.65. The minimum atomic E-state index is -1.30. The number of nitrogens with zero attached hydrogens (tertiary/aromatic N) is 8. The monoisotopic (exact) mass is 1880 g/mol. The van der Waals surface area contributed by atoms with Crippen LogP contribution in [0.25, 0.3) is 0 Å². The number of likely N-dealkylation sites (tertiary alicyclic amines) is 1. The topological polar surface area (TPSA) is 537 Å². The number of benzene rings is 2. The third kappa shape index (κ3) is 31.3. The summed E-state index contributed by atoms with van der Waals surface area (Å²) >= 11 is 0. The molecule has 1 saturated heterocycles. The van der Waals surface area contributed by atoms with E-state index in [0.717, 1.165) is 73.1 Å². The molecule has 0 spiro atoms. The Morgan fingerprint density at radius 2 is 1.04 bits per heavy atom. The second-order valence-corrected chi connectivity index (χ2v) is 35.5. The van der Waals surface area contributed by atoms with Crippen molar-refractivity contribution in [1.29, 1.82) is 0 Å². The molecule has 5 aliphatic rings. The number of nitrogens with two attached hydrogens (primary N) is 1. The van der Waals surface area contributed by atoms with Crippen LogP contribution in [0.2, 0.25) is 0 Å². The molecule has 41 nitrogen and oxygen atoms in total. The van der Waals surface area contributed by atoms with Crippen LogP contribution in [0.15, 0.2) is 103 Å². The van der Waals surface area contributed by atoms with E-state index in [-0.39, 0.29) is 134 Å². The molecule has 2 unspecified atom stereocenters. The lowest BCUT2D eigenvalue weighted by Gasteiger charge is -2.41. The van der Waals surface area contributed by atoms with E-state index in [4.69, 9.17) is 19.9 Å². The number of primary amides is 1. The van der Waals surface area contributed by atoms with E-state index in [1.165, 1.54) is 43.2 Å². The molecule has 135 heavy (non-hydrogen) atoms. The Hall–Kier alpha value is -12.9. The summed E-state index contributed by atoms with van der Waals surface area (Å²) in [6.07, 6.45) is 5.20. The number of anilines is 1. The minimum absolute atomic E-state index is 0.00167. The van der Waals surface area contributed by atoms with Crippen LogP contribution in [-0.2, 0) is 107 Å².